The molecule has 0 spiro atoms. The van der Waals surface area contributed by atoms with E-state index in [0.717, 1.165) is 0 Å². The lowest BCUT2D eigenvalue weighted by Gasteiger charge is -2.24. The van der Waals surface area contributed by atoms with E-state index in [4.69, 9.17) is 9.47 Å². The molecule has 0 saturated carbocycles. The summed E-state index contributed by atoms with van der Waals surface area (Å²) in [5.74, 6) is -0.815. The van der Waals surface area contributed by atoms with Crippen molar-refractivity contribution in [2.24, 2.45) is 16.0 Å². The minimum Gasteiger partial charge on any atom is -0.497 e. The highest BCUT2D eigenvalue weighted by molar-refractivity contribution is 7.07. The Kier molecular flexibility index (Phi) is 6.81. The van der Waals surface area contributed by atoms with Gasteiger partial charge in [-0.15, -0.1) is 0 Å². The monoisotopic (exact) mass is 530 g/mol. The van der Waals surface area contributed by atoms with Crippen LogP contribution >= 0.6 is 11.3 Å². The topological polar surface area (TPSA) is 103 Å². The smallest absolute Gasteiger partial charge is 0.338 e. The number of carbonyl (C=O) groups is 2. The number of hydrogen-bond donors (Lipinski definition) is 0. The van der Waals surface area contributed by atoms with Crippen molar-refractivity contribution >= 4 is 40.7 Å². The molecule has 0 fully saturated rings. The predicted molar refractivity (Wildman–Crippen MR) is 145 cm³/mol. The molecule has 2 aromatic carbocycles. The van der Waals surface area contributed by atoms with E-state index in [9.17, 15) is 14.4 Å². The number of benzene rings is 2. The van der Waals surface area contributed by atoms with Crippen molar-refractivity contribution in [2.45, 2.75) is 26.8 Å². The lowest BCUT2D eigenvalue weighted by atomic mass is 9.96. The van der Waals surface area contributed by atoms with Crippen LogP contribution in [0.1, 0.15) is 32.4 Å². The quantitative estimate of drug-likeness (QED) is 0.456. The molecule has 38 heavy (non-hydrogen) atoms. The SMILES string of the molecule is CCOC(=O)C1=C(C)N=c2s/c(=C/[C@@H]3C(=O)N(c4ccccc4)N=C3C)c(=O)n2[C@@H]1c1ccc(OC)cc1. The summed E-state index contributed by atoms with van der Waals surface area (Å²) in [6.07, 6.45) is 1.64. The molecule has 2 aliphatic rings. The zero-order valence-corrected chi connectivity index (χ0v) is 22.2. The zero-order valence-electron chi connectivity index (χ0n) is 21.4. The molecule has 2 aliphatic heterocycles. The van der Waals surface area contributed by atoms with Crippen molar-refractivity contribution in [1.82, 2.24) is 4.57 Å². The number of carbonyl (C=O) groups excluding carboxylic acids is 2. The normalized spacial score (nSPS) is 19.3. The Balaban J connectivity index is 1.62. The number of allylic oxidation sites excluding steroid dienone is 1. The summed E-state index contributed by atoms with van der Waals surface area (Å²) in [6, 6.07) is 15.6. The van der Waals surface area contributed by atoms with E-state index in [1.807, 2.05) is 30.3 Å². The van der Waals surface area contributed by atoms with Gasteiger partial charge in [-0.25, -0.2) is 9.79 Å². The molecule has 0 aliphatic carbocycles. The van der Waals surface area contributed by atoms with Gasteiger partial charge < -0.3 is 9.47 Å². The average molecular weight is 531 g/mol. The Morgan fingerprint density at radius 2 is 1.79 bits per heavy atom. The van der Waals surface area contributed by atoms with E-state index in [1.165, 1.54) is 20.9 Å². The van der Waals surface area contributed by atoms with Gasteiger partial charge in [-0.1, -0.05) is 41.7 Å². The number of thiazole rings is 1. The van der Waals surface area contributed by atoms with Gasteiger partial charge in [0.2, 0.25) is 0 Å². The Hall–Kier alpha value is -4.31. The first kappa shape index (κ1) is 25.3. The highest BCUT2D eigenvalue weighted by Gasteiger charge is 2.35. The molecular weight excluding hydrogens is 504 g/mol. The van der Waals surface area contributed by atoms with Crippen molar-refractivity contribution in [3.63, 3.8) is 0 Å². The van der Waals surface area contributed by atoms with Crippen LogP contribution in [0.2, 0.25) is 0 Å². The van der Waals surface area contributed by atoms with Crippen molar-refractivity contribution in [2.75, 3.05) is 18.7 Å². The largest absolute Gasteiger partial charge is 0.497 e. The maximum absolute atomic E-state index is 13.8. The molecule has 1 aromatic heterocycles. The van der Waals surface area contributed by atoms with Crippen molar-refractivity contribution in [1.29, 1.82) is 0 Å². The van der Waals surface area contributed by atoms with Crippen LogP contribution in [0.5, 0.6) is 5.75 Å². The maximum Gasteiger partial charge on any atom is 0.338 e. The Morgan fingerprint density at radius 3 is 2.45 bits per heavy atom. The lowest BCUT2D eigenvalue weighted by Crippen LogP contribution is -2.40. The number of ether oxygens (including phenoxy) is 2. The number of esters is 1. The molecule has 3 heterocycles. The van der Waals surface area contributed by atoms with Gasteiger partial charge in [0.05, 0.1) is 47.0 Å². The molecule has 0 unspecified atom stereocenters. The molecule has 10 heteroatoms. The summed E-state index contributed by atoms with van der Waals surface area (Å²) >= 11 is 1.18. The van der Waals surface area contributed by atoms with Gasteiger partial charge >= 0.3 is 5.97 Å². The standard InChI is InChI=1S/C28H26N4O5S/c1-5-37-27(35)23-17(3)29-28-31(24(23)18-11-13-20(36-4)14-12-18)26(34)22(38-28)15-21-16(2)30-32(25(21)33)19-9-7-6-8-10-19/h6-15,21,24H,5H2,1-4H3/b22-15+/t21-,24+/m0/s1. The molecule has 0 radical (unpaired) electrons. The number of anilines is 1. The predicted octanol–water partition coefficient (Wildman–Crippen LogP) is 2.80. The fourth-order valence-electron chi connectivity index (χ4n) is 4.58. The maximum atomic E-state index is 13.8. The summed E-state index contributed by atoms with van der Waals surface area (Å²) in [5.41, 5.74) is 2.37. The fraction of sp³-hybridized carbons (Fsp3) is 0.250. The summed E-state index contributed by atoms with van der Waals surface area (Å²) in [5, 5.41) is 5.79. The van der Waals surface area contributed by atoms with E-state index < -0.39 is 17.9 Å². The Morgan fingerprint density at radius 1 is 1.08 bits per heavy atom. The van der Waals surface area contributed by atoms with Crippen LogP contribution in [-0.4, -0.2) is 35.9 Å². The molecule has 9 nitrogen and oxygen atoms in total. The number of amides is 1. The average Bonchev–Trinajstić information content (AvgIpc) is 3.38. The second-order valence-corrected chi connectivity index (χ2v) is 9.81. The van der Waals surface area contributed by atoms with E-state index in [-0.39, 0.29) is 18.1 Å². The molecule has 5 rings (SSSR count). The van der Waals surface area contributed by atoms with Crippen LogP contribution in [0.25, 0.3) is 6.08 Å². The zero-order chi connectivity index (χ0) is 27.0. The minimum absolute atomic E-state index is 0.190. The fourth-order valence-corrected chi connectivity index (χ4v) is 5.64. The second kappa shape index (κ2) is 10.2. The van der Waals surface area contributed by atoms with Gasteiger partial charge in [0.15, 0.2) is 4.80 Å². The van der Waals surface area contributed by atoms with Crippen molar-refractivity contribution in [3.05, 3.63) is 91.1 Å². The van der Waals surface area contributed by atoms with Crippen LogP contribution < -0.4 is 24.6 Å². The number of nitrogens with zero attached hydrogens (tertiary/aromatic N) is 4. The molecule has 2 atom stereocenters. The first-order valence-corrected chi connectivity index (χ1v) is 12.9. The minimum atomic E-state index is -0.742. The number of methoxy groups -OCH3 is 1. The highest BCUT2D eigenvalue weighted by Crippen LogP contribution is 2.32. The highest BCUT2D eigenvalue weighted by atomic mass is 32.1. The van der Waals surface area contributed by atoms with Crippen molar-refractivity contribution in [3.8, 4) is 5.75 Å². The summed E-state index contributed by atoms with van der Waals surface area (Å²) in [4.78, 5) is 45.1. The van der Waals surface area contributed by atoms with E-state index in [1.54, 1.807) is 58.2 Å². The number of hydrazone groups is 1. The number of rotatable bonds is 6. The molecule has 3 aromatic rings. The van der Waals surface area contributed by atoms with Crippen LogP contribution in [-0.2, 0) is 14.3 Å². The first-order valence-electron chi connectivity index (χ1n) is 12.1. The molecule has 0 N–H and O–H groups in total. The van der Waals surface area contributed by atoms with Crippen molar-refractivity contribution < 1.29 is 19.1 Å². The van der Waals surface area contributed by atoms with Gasteiger partial charge in [-0.05, 0) is 56.7 Å². The third kappa shape index (κ3) is 4.37. The molecule has 0 bridgehead atoms. The Labute approximate surface area is 222 Å². The van der Waals surface area contributed by atoms with Gasteiger partial charge in [0.25, 0.3) is 11.5 Å². The number of fused-ring (bicyclic) bond motifs is 1. The van der Waals surface area contributed by atoms with E-state index in [0.29, 0.717) is 43.3 Å². The second-order valence-electron chi connectivity index (χ2n) is 8.80. The third-order valence-electron chi connectivity index (χ3n) is 6.45. The van der Waals surface area contributed by atoms with Crippen LogP contribution in [0, 0.1) is 5.92 Å². The van der Waals surface area contributed by atoms with E-state index in [2.05, 4.69) is 10.1 Å². The molecule has 194 valence electrons. The van der Waals surface area contributed by atoms with Gasteiger partial charge in [-0.2, -0.15) is 10.1 Å². The first-order chi connectivity index (χ1) is 18.3. The Bertz CT molecular complexity index is 1650. The number of hydrogen-bond acceptors (Lipinski definition) is 8. The molecular formula is C28H26N4O5S. The van der Waals surface area contributed by atoms with Crippen LogP contribution in [0.3, 0.4) is 0 Å². The van der Waals surface area contributed by atoms with Gasteiger partial charge in [0, 0.05) is 0 Å². The lowest BCUT2D eigenvalue weighted by molar-refractivity contribution is -0.139. The molecule has 0 saturated heterocycles. The summed E-state index contributed by atoms with van der Waals surface area (Å²) < 4.78 is 12.5. The third-order valence-corrected chi connectivity index (χ3v) is 7.45. The number of para-hydroxylation sites is 1. The van der Waals surface area contributed by atoms with Gasteiger partial charge in [0.1, 0.15) is 11.7 Å². The summed E-state index contributed by atoms with van der Waals surface area (Å²) in [6.45, 7) is 5.42. The van der Waals surface area contributed by atoms with Crippen LogP contribution in [0.15, 0.2) is 80.8 Å². The van der Waals surface area contributed by atoms with Crippen LogP contribution in [0.4, 0.5) is 5.69 Å². The summed E-state index contributed by atoms with van der Waals surface area (Å²) in [7, 11) is 1.57. The molecule has 1 amide bonds. The number of aromatic nitrogens is 1. The van der Waals surface area contributed by atoms with Gasteiger partial charge in [-0.3, -0.25) is 14.2 Å². The van der Waals surface area contributed by atoms with E-state index >= 15 is 0 Å².